The summed E-state index contributed by atoms with van der Waals surface area (Å²) in [5, 5.41) is 0. The van der Waals surface area contributed by atoms with Gasteiger partial charge in [0, 0.05) is 12.1 Å². The van der Waals surface area contributed by atoms with Crippen LogP contribution >= 0.6 is 0 Å². The molecule has 1 aromatic rings. The van der Waals surface area contributed by atoms with Gasteiger partial charge in [-0.3, -0.25) is 0 Å². The monoisotopic (exact) mass is 335 g/mol. The van der Waals surface area contributed by atoms with Crippen molar-refractivity contribution in [2.45, 2.75) is 30.7 Å². The molecular formula is C13H18FNO4S2. The first kappa shape index (κ1) is 16.4. The molecule has 0 aliphatic carbocycles. The van der Waals surface area contributed by atoms with Gasteiger partial charge in [0.15, 0.2) is 9.84 Å². The van der Waals surface area contributed by atoms with Gasteiger partial charge in [0.25, 0.3) is 0 Å². The maximum absolute atomic E-state index is 12.9. The Labute approximate surface area is 124 Å². The van der Waals surface area contributed by atoms with Gasteiger partial charge in [-0.1, -0.05) is 6.92 Å². The zero-order chi connectivity index (χ0) is 15.9. The maximum Gasteiger partial charge on any atom is 0.243 e. The van der Waals surface area contributed by atoms with Gasteiger partial charge < -0.3 is 0 Å². The lowest BCUT2D eigenvalue weighted by Gasteiger charge is -2.35. The van der Waals surface area contributed by atoms with E-state index in [0.29, 0.717) is 0 Å². The summed E-state index contributed by atoms with van der Waals surface area (Å²) in [5.74, 6) is -0.723. The smallest absolute Gasteiger partial charge is 0.229 e. The van der Waals surface area contributed by atoms with Crippen LogP contribution in [0.2, 0.25) is 0 Å². The van der Waals surface area contributed by atoms with Gasteiger partial charge in [-0.15, -0.1) is 0 Å². The zero-order valence-corrected chi connectivity index (χ0v) is 13.5. The van der Waals surface area contributed by atoms with E-state index >= 15 is 0 Å². The maximum atomic E-state index is 12.9. The standard InChI is InChI=1S/C13H18FNO4S2/c1-3-15(13(2)8-9-20(16,17)10-13)21(18,19)12-6-4-11(14)5-7-12/h4-7H,3,8-10H2,1-2H3/t13-/m0/s1. The lowest BCUT2D eigenvalue weighted by molar-refractivity contribution is 0.243. The van der Waals surface area contributed by atoms with Gasteiger partial charge >= 0.3 is 0 Å². The fourth-order valence-electron chi connectivity index (χ4n) is 2.77. The molecule has 0 amide bonds. The van der Waals surface area contributed by atoms with E-state index in [2.05, 4.69) is 0 Å². The summed E-state index contributed by atoms with van der Waals surface area (Å²) in [6, 6.07) is 4.54. The first-order valence-corrected chi connectivity index (χ1v) is 9.86. The van der Waals surface area contributed by atoms with E-state index in [1.165, 1.54) is 16.4 Å². The van der Waals surface area contributed by atoms with Crippen LogP contribution in [0.5, 0.6) is 0 Å². The van der Waals surface area contributed by atoms with Crippen molar-refractivity contribution >= 4 is 19.9 Å². The minimum absolute atomic E-state index is 0.0149. The van der Waals surface area contributed by atoms with Crippen LogP contribution in [0, 0.1) is 5.82 Å². The first-order chi connectivity index (χ1) is 9.61. The van der Waals surface area contributed by atoms with Gasteiger partial charge in [0.1, 0.15) is 5.82 Å². The van der Waals surface area contributed by atoms with Gasteiger partial charge in [-0.05, 0) is 37.6 Å². The number of rotatable bonds is 4. The Morgan fingerprint density at radius 1 is 1.29 bits per heavy atom. The molecule has 1 aromatic carbocycles. The van der Waals surface area contributed by atoms with Crippen molar-refractivity contribution in [3.05, 3.63) is 30.1 Å². The van der Waals surface area contributed by atoms with Crippen LogP contribution in [-0.2, 0) is 19.9 Å². The SMILES string of the molecule is CCN([C@@]1(C)CCS(=O)(=O)C1)S(=O)(=O)c1ccc(F)cc1. The molecule has 0 radical (unpaired) electrons. The number of hydrogen-bond acceptors (Lipinski definition) is 4. The Morgan fingerprint density at radius 3 is 2.29 bits per heavy atom. The summed E-state index contributed by atoms with van der Waals surface area (Å²) in [7, 11) is -7.08. The Bertz CT molecular complexity index is 728. The molecular weight excluding hydrogens is 317 g/mol. The predicted octanol–water partition coefficient (Wildman–Crippen LogP) is 1.41. The molecule has 0 aromatic heterocycles. The molecule has 0 spiro atoms. The van der Waals surface area contributed by atoms with Crippen molar-refractivity contribution in [3.8, 4) is 0 Å². The number of sulfonamides is 1. The van der Waals surface area contributed by atoms with Gasteiger partial charge in [-0.2, -0.15) is 4.31 Å². The van der Waals surface area contributed by atoms with E-state index < -0.39 is 31.2 Å². The molecule has 0 saturated carbocycles. The lowest BCUT2D eigenvalue weighted by atomic mass is 10.0. The highest BCUT2D eigenvalue weighted by Crippen LogP contribution is 2.33. The molecule has 5 nitrogen and oxygen atoms in total. The van der Waals surface area contributed by atoms with Crippen molar-refractivity contribution in [2.24, 2.45) is 0 Å². The Morgan fingerprint density at radius 2 is 1.86 bits per heavy atom. The van der Waals surface area contributed by atoms with Crippen LogP contribution in [0.25, 0.3) is 0 Å². The molecule has 2 rings (SSSR count). The Hall–Kier alpha value is -0.990. The van der Waals surface area contributed by atoms with Crippen LogP contribution in [-0.4, -0.2) is 44.7 Å². The molecule has 0 bridgehead atoms. The minimum Gasteiger partial charge on any atom is -0.229 e. The highest BCUT2D eigenvalue weighted by atomic mass is 32.2. The molecule has 1 aliphatic rings. The van der Waals surface area contributed by atoms with E-state index in [1.54, 1.807) is 13.8 Å². The quantitative estimate of drug-likeness (QED) is 0.834. The second-order valence-corrected chi connectivity index (χ2v) is 9.51. The molecule has 1 saturated heterocycles. The summed E-state index contributed by atoms with van der Waals surface area (Å²) in [5.41, 5.74) is -0.958. The van der Waals surface area contributed by atoms with Gasteiger partial charge in [-0.25, -0.2) is 21.2 Å². The number of hydrogen-bond donors (Lipinski definition) is 0. The second kappa shape index (κ2) is 5.33. The van der Waals surface area contributed by atoms with Crippen LogP contribution in [0.15, 0.2) is 29.2 Å². The van der Waals surface area contributed by atoms with E-state index in [4.69, 9.17) is 0 Å². The van der Waals surface area contributed by atoms with Crippen molar-refractivity contribution < 1.29 is 21.2 Å². The Balaban J connectivity index is 2.43. The number of halogens is 1. The van der Waals surface area contributed by atoms with Gasteiger partial charge in [0.05, 0.1) is 16.4 Å². The van der Waals surface area contributed by atoms with Crippen LogP contribution in [0.1, 0.15) is 20.3 Å². The van der Waals surface area contributed by atoms with Crippen LogP contribution in [0.4, 0.5) is 4.39 Å². The fraction of sp³-hybridized carbons (Fsp3) is 0.538. The van der Waals surface area contributed by atoms with Crippen molar-refractivity contribution in [2.75, 3.05) is 18.1 Å². The van der Waals surface area contributed by atoms with Crippen molar-refractivity contribution in [3.63, 3.8) is 0 Å². The number of benzene rings is 1. The fourth-order valence-corrected chi connectivity index (χ4v) is 6.80. The summed E-state index contributed by atoms with van der Waals surface area (Å²) >= 11 is 0. The van der Waals surface area contributed by atoms with Crippen molar-refractivity contribution in [1.29, 1.82) is 0 Å². The summed E-state index contributed by atoms with van der Waals surface area (Å²) in [6.07, 6.45) is 0.267. The molecule has 21 heavy (non-hydrogen) atoms. The van der Waals surface area contributed by atoms with E-state index in [-0.39, 0.29) is 29.4 Å². The average molecular weight is 335 g/mol. The lowest BCUT2D eigenvalue weighted by Crippen LogP contribution is -2.50. The topological polar surface area (TPSA) is 71.5 Å². The number of sulfone groups is 1. The zero-order valence-electron chi connectivity index (χ0n) is 11.9. The number of nitrogens with zero attached hydrogens (tertiary/aromatic N) is 1. The minimum atomic E-state index is -3.86. The van der Waals surface area contributed by atoms with E-state index in [1.807, 2.05) is 0 Å². The van der Waals surface area contributed by atoms with Crippen molar-refractivity contribution in [1.82, 2.24) is 4.31 Å². The summed E-state index contributed by atoms with van der Waals surface area (Å²) in [4.78, 5) is -0.0312. The molecule has 0 unspecified atom stereocenters. The van der Waals surface area contributed by atoms with E-state index in [0.717, 1.165) is 12.1 Å². The largest absolute Gasteiger partial charge is 0.243 e. The molecule has 118 valence electrons. The molecule has 8 heteroatoms. The summed E-state index contributed by atoms with van der Waals surface area (Å²) < 4.78 is 62.9. The predicted molar refractivity (Wildman–Crippen MR) is 77.6 cm³/mol. The molecule has 1 aliphatic heterocycles. The summed E-state index contributed by atoms with van der Waals surface area (Å²) in [6.45, 7) is 3.46. The third-order valence-corrected chi connectivity index (χ3v) is 7.81. The third-order valence-electron chi connectivity index (χ3n) is 3.77. The average Bonchev–Trinajstić information content (AvgIpc) is 2.65. The molecule has 0 N–H and O–H groups in total. The van der Waals surface area contributed by atoms with Crippen LogP contribution < -0.4 is 0 Å². The third kappa shape index (κ3) is 3.12. The van der Waals surface area contributed by atoms with Crippen LogP contribution in [0.3, 0.4) is 0 Å². The highest BCUT2D eigenvalue weighted by Gasteiger charge is 2.47. The van der Waals surface area contributed by atoms with Gasteiger partial charge in [0.2, 0.25) is 10.0 Å². The normalized spacial score (nSPS) is 25.3. The molecule has 1 fully saturated rings. The second-order valence-electron chi connectivity index (χ2n) is 5.46. The Kier molecular flexibility index (Phi) is 4.16. The molecule has 1 atom stereocenters. The molecule has 1 heterocycles. The highest BCUT2D eigenvalue weighted by molar-refractivity contribution is 7.92. The first-order valence-electron chi connectivity index (χ1n) is 6.60. The van der Waals surface area contributed by atoms with E-state index in [9.17, 15) is 21.2 Å².